The van der Waals surface area contributed by atoms with E-state index >= 15 is 0 Å². The fourth-order valence-electron chi connectivity index (χ4n) is 1.39. The van der Waals surface area contributed by atoms with Crippen molar-refractivity contribution in [3.63, 3.8) is 0 Å². The van der Waals surface area contributed by atoms with Gasteiger partial charge in [0.1, 0.15) is 6.29 Å². The smallest absolute Gasteiger partial charge is 0.364 e. The Bertz CT molecular complexity index is 280. The molecule has 0 saturated carbocycles. The standard InChI is InChI=1S/C9H9F3O2/c1-14-8(9(10,11)12)5-3-2-4-7(8)6-13/h2-7H,1H3. The molecule has 0 fully saturated rings. The maximum Gasteiger partial charge on any atom is 0.422 e. The highest BCUT2D eigenvalue weighted by molar-refractivity contribution is 5.61. The number of ether oxygens (including phenoxy) is 1. The summed E-state index contributed by atoms with van der Waals surface area (Å²) in [4.78, 5) is 10.5. The molecule has 0 amide bonds. The quantitative estimate of drug-likeness (QED) is 0.645. The van der Waals surface area contributed by atoms with Crippen LogP contribution in [0, 0.1) is 5.92 Å². The average Bonchev–Trinajstić information content (AvgIpc) is 2.15. The van der Waals surface area contributed by atoms with Gasteiger partial charge in [-0.25, -0.2) is 0 Å². The minimum atomic E-state index is -4.60. The largest absolute Gasteiger partial charge is 0.422 e. The van der Waals surface area contributed by atoms with Crippen LogP contribution in [0.15, 0.2) is 24.3 Å². The third-order valence-electron chi connectivity index (χ3n) is 2.20. The highest BCUT2D eigenvalue weighted by atomic mass is 19.4. The number of methoxy groups -OCH3 is 1. The van der Waals surface area contributed by atoms with Gasteiger partial charge in [-0.15, -0.1) is 0 Å². The summed E-state index contributed by atoms with van der Waals surface area (Å²) in [6, 6.07) is 0. The van der Waals surface area contributed by atoms with E-state index in [9.17, 15) is 18.0 Å². The molecule has 0 aromatic heterocycles. The van der Waals surface area contributed by atoms with Crippen LogP contribution in [-0.2, 0) is 9.53 Å². The van der Waals surface area contributed by atoms with Crippen LogP contribution in [0.3, 0.4) is 0 Å². The molecule has 1 aliphatic rings. The normalized spacial score (nSPS) is 31.9. The molecule has 0 spiro atoms. The van der Waals surface area contributed by atoms with E-state index < -0.39 is 17.7 Å². The lowest BCUT2D eigenvalue weighted by molar-refractivity contribution is -0.259. The van der Waals surface area contributed by atoms with E-state index in [0.29, 0.717) is 0 Å². The maximum absolute atomic E-state index is 12.7. The Hall–Kier alpha value is -1.10. The monoisotopic (exact) mass is 206 g/mol. The van der Waals surface area contributed by atoms with E-state index in [1.54, 1.807) is 0 Å². The van der Waals surface area contributed by atoms with Gasteiger partial charge < -0.3 is 9.53 Å². The predicted octanol–water partition coefficient (Wildman–Crippen LogP) is 1.88. The Labute approximate surface area is 79.0 Å². The molecule has 0 bridgehead atoms. The molecule has 2 unspecified atom stereocenters. The maximum atomic E-state index is 12.7. The molecule has 0 aliphatic heterocycles. The second-order valence-electron chi connectivity index (χ2n) is 2.90. The molecular weight excluding hydrogens is 197 g/mol. The van der Waals surface area contributed by atoms with Crippen molar-refractivity contribution in [2.75, 3.05) is 7.11 Å². The number of alkyl halides is 3. The van der Waals surface area contributed by atoms with E-state index in [4.69, 9.17) is 0 Å². The predicted molar refractivity (Wildman–Crippen MR) is 43.6 cm³/mol. The van der Waals surface area contributed by atoms with Gasteiger partial charge in [0.2, 0.25) is 0 Å². The highest BCUT2D eigenvalue weighted by Crippen LogP contribution is 2.41. The van der Waals surface area contributed by atoms with Crippen molar-refractivity contribution < 1.29 is 22.7 Å². The van der Waals surface area contributed by atoms with E-state index in [-0.39, 0.29) is 6.29 Å². The zero-order chi connectivity index (χ0) is 10.8. The first-order valence-electron chi connectivity index (χ1n) is 3.91. The number of carbonyl (C=O) groups excluding carboxylic acids is 1. The molecule has 2 nitrogen and oxygen atoms in total. The van der Waals surface area contributed by atoms with Crippen LogP contribution in [-0.4, -0.2) is 25.2 Å². The molecule has 0 N–H and O–H groups in total. The van der Waals surface area contributed by atoms with E-state index in [2.05, 4.69) is 4.74 Å². The van der Waals surface area contributed by atoms with Crippen molar-refractivity contribution >= 4 is 6.29 Å². The number of halogens is 3. The van der Waals surface area contributed by atoms with Gasteiger partial charge in [0.15, 0.2) is 5.60 Å². The summed E-state index contributed by atoms with van der Waals surface area (Å²) in [6.45, 7) is 0. The molecule has 0 radical (unpaired) electrons. The van der Waals surface area contributed by atoms with Gasteiger partial charge in [-0.3, -0.25) is 0 Å². The highest BCUT2D eigenvalue weighted by Gasteiger charge is 2.58. The molecule has 5 heteroatoms. The summed E-state index contributed by atoms with van der Waals surface area (Å²) in [5, 5.41) is 0. The Morgan fingerprint density at radius 2 is 2.07 bits per heavy atom. The minimum Gasteiger partial charge on any atom is -0.364 e. The number of aldehydes is 1. The van der Waals surface area contributed by atoms with Crippen LogP contribution in [0.25, 0.3) is 0 Å². The van der Waals surface area contributed by atoms with Gasteiger partial charge in [0.05, 0.1) is 5.92 Å². The Morgan fingerprint density at radius 3 is 2.43 bits per heavy atom. The molecule has 1 rings (SSSR count). The van der Waals surface area contributed by atoms with Crippen LogP contribution < -0.4 is 0 Å². The second-order valence-corrected chi connectivity index (χ2v) is 2.90. The van der Waals surface area contributed by atoms with E-state index in [1.807, 2.05) is 0 Å². The molecule has 1 aliphatic carbocycles. The number of rotatable bonds is 2. The van der Waals surface area contributed by atoms with Crippen molar-refractivity contribution in [3.05, 3.63) is 24.3 Å². The topological polar surface area (TPSA) is 26.3 Å². The third kappa shape index (κ3) is 1.48. The number of allylic oxidation sites excluding steroid dienone is 2. The summed E-state index contributed by atoms with van der Waals surface area (Å²) in [5.41, 5.74) is -2.51. The molecule has 0 aromatic carbocycles. The summed E-state index contributed by atoms with van der Waals surface area (Å²) in [5.74, 6) is -1.32. The van der Waals surface area contributed by atoms with Gasteiger partial charge in [0, 0.05) is 7.11 Å². The zero-order valence-electron chi connectivity index (χ0n) is 7.41. The number of hydrogen-bond donors (Lipinski definition) is 0. The van der Waals surface area contributed by atoms with Gasteiger partial charge in [-0.1, -0.05) is 18.2 Å². The zero-order valence-corrected chi connectivity index (χ0v) is 7.41. The van der Waals surface area contributed by atoms with Crippen LogP contribution >= 0.6 is 0 Å². The lowest BCUT2D eigenvalue weighted by atomic mass is 9.84. The van der Waals surface area contributed by atoms with Gasteiger partial charge >= 0.3 is 6.18 Å². The van der Waals surface area contributed by atoms with Gasteiger partial charge in [0.25, 0.3) is 0 Å². The molecule has 2 atom stereocenters. The summed E-state index contributed by atoms with van der Waals surface area (Å²) in [7, 11) is 0.938. The molecule has 14 heavy (non-hydrogen) atoms. The van der Waals surface area contributed by atoms with Gasteiger partial charge in [-0.05, 0) is 6.08 Å². The molecule has 78 valence electrons. The summed E-state index contributed by atoms with van der Waals surface area (Å²) in [6.07, 6.45) is 0.265. The SMILES string of the molecule is COC1(C(F)(F)F)C=CC=CC1C=O. The average molecular weight is 206 g/mol. The van der Waals surface area contributed by atoms with Crippen LogP contribution in [0.1, 0.15) is 0 Å². The van der Waals surface area contributed by atoms with Crippen molar-refractivity contribution in [1.29, 1.82) is 0 Å². The summed E-state index contributed by atoms with van der Waals surface area (Å²) >= 11 is 0. The number of carbonyl (C=O) groups is 1. The lowest BCUT2D eigenvalue weighted by Gasteiger charge is -2.35. The van der Waals surface area contributed by atoms with Gasteiger partial charge in [-0.2, -0.15) is 13.2 Å². The van der Waals surface area contributed by atoms with Crippen molar-refractivity contribution in [3.8, 4) is 0 Å². The Kier molecular flexibility index (Phi) is 2.80. The summed E-state index contributed by atoms with van der Waals surface area (Å²) < 4.78 is 42.4. The molecule has 0 aromatic rings. The van der Waals surface area contributed by atoms with Crippen LogP contribution in [0.5, 0.6) is 0 Å². The van der Waals surface area contributed by atoms with Crippen molar-refractivity contribution in [2.24, 2.45) is 5.92 Å². The van der Waals surface area contributed by atoms with Crippen LogP contribution in [0.4, 0.5) is 13.2 Å². The lowest BCUT2D eigenvalue weighted by Crippen LogP contribution is -2.52. The number of hydrogen-bond acceptors (Lipinski definition) is 2. The third-order valence-corrected chi connectivity index (χ3v) is 2.20. The molecule has 0 heterocycles. The van der Waals surface area contributed by atoms with Crippen molar-refractivity contribution in [2.45, 2.75) is 11.8 Å². The van der Waals surface area contributed by atoms with E-state index in [1.165, 1.54) is 18.2 Å². The fraction of sp³-hybridized carbons (Fsp3) is 0.444. The first kappa shape index (κ1) is 11.0. The molecular formula is C9H9F3O2. The van der Waals surface area contributed by atoms with Crippen LogP contribution in [0.2, 0.25) is 0 Å². The minimum absolute atomic E-state index is 0.233. The Morgan fingerprint density at radius 1 is 1.43 bits per heavy atom. The van der Waals surface area contributed by atoms with Crippen molar-refractivity contribution in [1.82, 2.24) is 0 Å². The Balaban J connectivity index is 3.15. The molecule has 0 saturated heterocycles. The second kappa shape index (κ2) is 3.57. The fourth-order valence-corrected chi connectivity index (χ4v) is 1.39. The first-order chi connectivity index (χ1) is 6.48. The van der Waals surface area contributed by atoms with E-state index in [0.717, 1.165) is 13.2 Å². The first-order valence-corrected chi connectivity index (χ1v) is 3.91.